The maximum Gasteiger partial charge on any atom is 0.254 e. The van der Waals surface area contributed by atoms with Crippen LogP contribution in [-0.4, -0.2) is 49.3 Å². The van der Waals surface area contributed by atoms with Gasteiger partial charge < -0.3 is 24.4 Å². The Hall–Kier alpha value is -3.06. The van der Waals surface area contributed by atoms with Crippen LogP contribution in [0.5, 0.6) is 11.5 Å². The first kappa shape index (κ1) is 20.2. The van der Waals surface area contributed by atoms with Crippen molar-refractivity contribution in [1.29, 1.82) is 0 Å². The van der Waals surface area contributed by atoms with Crippen molar-refractivity contribution in [2.24, 2.45) is 0 Å². The average Bonchev–Trinajstić information content (AvgIpc) is 3.41. The van der Waals surface area contributed by atoms with Gasteiger partial charge in [-0.25, -0.2) is 0 Å². The van der Waals surface area contributed by atoms with Crippen LogP contribution in [-0.2, 0) is 9.53 Å². The van der Waals surface area contributed by atoms with Crippen LogP contribution in [0.3, 0.4) is 0 Å². The molecule has 2 aliphatic heterocycles. The summed E-state index contributed by atoms with van der Waals surface area (Å²) in [5.74, 6) is 0.679. The van der Waals surface area contributed by atoms with Gasteiger partial charge in [0.15, 0.2) is 11.5 Å². The number of fused-ring (bicyclic) bond motifs is 1. The highest BCUT2D eigenvalue weighted by Crippen LogP contribution is 2.33. The van der Waals surface area contributed by atoms with E-state index in [2.05, 4.69) is 5.32 Å². The summed E-state index contributed by atoms with van der Waals surface area (Å²) in [6.07, 6.45) is 1.78. The van der Waals surface area contributed by atoms with E-state index < -0.39 is 0 Å². The topological polar surface area (TPSA) is 77.1 Å². The SMILES string of the molecule is Cc1cccc(NC(=O)CN(CC2CCCO2)C(=O)c2ccc3c(c2)OCO3)c1C. The number of nitrogens with zero attached hydrogens (tertiary/aromatic N) is 1. The number of benzene rings is 2. The molecular formula is C23H26N2O5. The second-order valence-electron chi connectivity index (χ2n) is 7.68. The van der Waals surface area contributed by atoms with Gasteiger partial charge in [-0.1, -0.05) is 12.1 Å². The molecule has 0 aliphatic carbocycles. The van der Waals surface area contributed by atoms with Gasteiger partial charge in [-0.3, -0.25) is 9.59 Å². The maximum absolute atomic E-state index is 13.2. The molecule has 2 aromatic rings. The van der Waals surface area contributed by atoms with E-state index in [9.17, 15) is 9.59 Å². The van der Waals surface area contributed by atoms with Gasteiger partial charge in [-0.05, 0) is 62.1 Å². The van der Waals surface area contributed by atoms with Crippen molar-refractivity contribution < 1.29 is 23.8 Å². The van der Waals surface area contributed by atoms with E-state index >= 15 is 0 Å². The van der Waals surface area contributed by atoms with Crippen LogP contribution in [0.1, 0.15) is 34.3 Å². The highest BCUT2D eigenvalue weighted by atomic mass is 16.7. The third kappa shape index (κ3) is 4.41. The fourth-order valence-electron chi connectivity index (χ4n) is 3.72. The first-order chi connectivity index (χ1) is 14.5. The summed E-state index contributed by atoms with van der Waals surface area (Å²) < 4.78 is 16.4. The van der Waals surface area contributed by atoms with Crippen LogP contribution >= 0.6 is 0 Å². The maximum atomic E-state index is 13.2. The standard InChI is InChI=1S/C23H26N2O5/c1-15-5-3-7-19(16(15)2)24-22(26)13-25(12-18-6-4-10-28-18)23(27)17-8-9-20-21(11-17)30-14-29-20/h3,5,7-9,11,18H,4,6,10,12-14H2,1-2H3,(H,24,26). The number of carbonyl (C=O) groups is 2. The van der Waals surface area contributed by atoms with Crippen molar-refractivity contribution in [2.45, 2.75) is 32.8 Å². The Labute approximate surface area is 175 Å². The molecule has 2 aromatic carbocycles. The number of ether oxygens (including phenoxy) is 3. The molecule has 2 aliphatic rings. The van der Waals surface area contributed by atoms with Crippen LogP contribution < -0.4 is 14.8 Å². The quantitative estimate of drug-likeness (QED) is 0.791. The lowest BCUT2D eigenvalue weighted by Gasteiger charge is -2.25. The largest absolute Gasteiger partial charge is 0.454 e. The Morgan fingerprint density at radius 1 is 1.13 bits per heavy atom. The summed E-state index contributed by atoms with van der Waals surface area (Å²) in [5.41, 5.74) is 3.32. The zero-order chi connectivity index (χ0) is 21.1. The molecule has 0 radical (unpaired) electrons. The molecule has 1 N–H and O–H groups in total. The van der Waals surface area contributed by atoms with E-state index in [0.29, 0.717) is 30.2 Å². The summed E-state index contributed by atoms with van der Waals surface area (Å²) in [7, 11) is 0. The van der Waals surface area contributed by atoms with Gasteiger partial charge in [-0.2, -0.15) is 0 Å². The fourth-order valence-corrected chi connectivity index (χ4v) is 3.72. The molecular weight excluding hydrogens is 384 g/mol. The second kappa shape index (κ2) is 8.75. The van der Waals surface area contributed by atoms with Crippen molar-refractivity contribution in [1.82, 2.24) is 4.90 Å². The van der Waals surface area contributed by atoms with Crippen molar-refractivity contribution in [2.75, 3.05) is 31.8 Å². The number of nitrogens with one attached hydrogen (secondary N) is 1. The Kier molecular flexibility index (Phi) is 5.90. The molecule has 30 heavy (non-hydrogen) atoms. The Bertz CT molecular complexity index is 953. The summed E-state index contributed by atoms with van der Waals surface area (Å²) in [5, 5.41) is 2.94. The Morgan fingerprint density at radius 2 is 1.97 bits per heavy atom. The monoisotopic (exact) mass is 410 g/mol. The summed E-state index contributed by atoms with van der Waals surface area (Å²) in [6.45, 7) is 5.11. The van der Waals surface area contributed by atoms with Crippen molar-refractivity contribution in [3.63, 3.8) is 0 Å². The van der Waals surface area contributed by atoms with Gasteiger partial charge in [-0.15, -0.1) is 0 Å². The smallest absolute Gasteiger partial charge is 0.254 e. The van der Waals surface area contributed by atoms with Gasteiger partial charge in [0, 0.05) is 24.4 Å². The zero-order valence-corrected chi connectivity index (χ0v) is 17.3. The van der Waals surface area contributed by atoms with Crippen molar-refractivity contribution in [3.8, 4) is 11.5 Å². The summed E-state index contributed by atoms with van der Waals surface area (Å²) >= 11 is 0. The van der Waals surface area contributed by atoms with E-state index in [1.807, 2.05) is 32.0 Å². The number of hydrogen-bond acceptors (Lipinski definition) is 5. The normalized spacial score (nSPS) is 17.1. The van der Waals surface area contributed by atoms with Gasteiger partial charge in [0.2, 0.25) is 12.7 Å². The molecule has 7 heteroatoms. The molecule has 7 nitrogen and oxygen atoms in total. The van der Waals surface area contributed by atoms with Crippen LogP contribution in [0.25, 0.3) is 0 Å². The molecule has 1 unspecified atom stereocenters. The molecule has 0 spiro atoms. The molecule has 2 amide bonds. The third-order valence-corrected chi connectivity index (χ3v) is 5.57. The van der Waals surface area contributed by atoms with Gasteiger partial charge in [0.1, 0.15) is 6.54 Å². The minimum absolute atomic E-state index is 0.0550. The van der Waals surface area contributed by atoms with Crippen LogP contribution in [0, 0.1) is 13.8 Å². The van der Waals surface area contributed by atoms with E-state index in [1.165, 1.54) is 0 Å². The first-order valence-electron chi connectivity index (χ1n) is 10.2. The fraction of sp³-hybridized carbons (Fsp3) is 0.391. The van der Waals surface area contributed by atoms with Gasteiger partial charge in [0.25, 0.3) is 5.91 Å². The van der Waals surface area contributed by atoms with Crippen molar-refractivity contribution in [3.05, 3.63) is 53.1 Å². The molecule has 4 rings (SSSR count). The van der Waals surface area contributed by atoms with Crippen LogP contribution in [0.15, 0.2) is 36.4 Å². The molecule has 158 valence electrons. The minimum Gasteiger partial charge on any atom is -0.454 e. The van der Waals surface area contributed by atoms with E-state index in [-0.39, 0.29) is 31.3 Å². The lowest BCUT2D eigenvalue weighted by Crippen LogP contribution is -2.42. The average molecular weight is 410 g/mol. The molecule has 0 aromatic heterocycles. The molecule has 2 heterocycles. The Balaban J connectivity index is 1.51. The number of aryl methyl sites for hydroxylation is 1. The second-order valence-corrected chi connectivity index (χ2v) is 7.68. The van der Waals surface area contributed by atoms with Gasteiger partial charge in [0.05, 0.1) is 6.10 Å². The number of carbonyl (C=O) groups excluding carboxylic acids is 2. The predicted molar refractivity (Wildman–Crippen MR) is 112 cm³/mol. The third-order valence-electron chi connectivity index (χ3n) is 5.57. The summed E-state index contributed by atoms with van der Waals surface area (Å²) in [6, 6.07) is 10.8. The molecule has 1 saturated heterocycles. The van der Waals surface area contributed by atoms with Crippen molar-refractivity contribution >= 4 is 17.5 Å². The molecule has 0 bridgehead atoms. The predicted octanol–water partition coefficient (Wildman–Crippen LogP) is 3.29. The van der Waals surface area contributed by atoms with E-state index in [0.717, 1.165) is 29.7 Å². The number of amides is 2. The van der Waals surface area contributed by atoms with E-state index in [4.69, 9.17) is 14.2 Å². The molecule has 1 atom stereocenters. The molecule has 0 saturated carbocycles. The zero-order valence-electron chi connectivity index (χ0n) is 17.3. The lowest BCUT2D eigenvalue weighted by molar-refractivity contribution is -0.117. The number of rotatable bonds is 6. The summed E-state index contributed by atoms with van der Waals surface area (Å²) in [4.78, 5) is 27.6. The lowest BCUT2D eigenvalue weighted by atomic mass is 10.1. The highest BCUT2D eigenvalue weighted by molar-refractivity contribution is 6.00. The minimum atomic E-state index is -0.240. The number of anilines is 1. The Morgan fingerprint density at radius 3 is 2.77 bits per heavy atom. The number of hydrogen-bond donors (Lipinski definition) is 1. The van der Waals surface area contributed by atoms with Gasteiger partial charge >= 0.3 is 0 Å². The van der Waals surface area contributed by atoms with E-state index in [1.54, 1.807) is 23.1 Å². The van der Waals surface area contributed by atoms with Crippen LogP contribution in [0.4, 0.5) is 5.69 Å². The highest BCUT2D eigenvalue weighted by Gasteiger charge is 2.26. The first-order valence-corrected chi connectivity index (χ1v) is 10.2. The molecule has 1 fully saturated rings. The van der Waals surface area contributed by atoms with Crippen LogP contribution in [0.2, 0.25) is 0 Å².